The van der Waals surface area contributed by atoms with E-state index in [1.807, 2.05) is 0 Å². The lowest BCUT2D eigenvalue weighted by Gasteiger charge is -2.11. The van der Waals surface area contributed by atoms with Crippen LogP contribution in [0.25, 0.3) is 0 Å². The largest absolute Gasteiger partial charge is 0.497 e. The van der Waals surface area contributed by atoms with E-state index in [2.05, 4.69) is 14.8 Å². The minimum Gasteiger partial charge on any atom is -0.497 e. The summed E-state index contributed by atoms with van der Waals surface area (Å²) in [6, 6.07) is 18.2. The second-order valence-corrected chi connectivity index (χ2v) is 8.07. The van der Waals surface area contributed by atoms with E-state index < -0.39 is 21.9 Å². The average molecular weight is 440 g/mol. The van der Waals surface area contributed by atoms with E-state index in [1.165, 1.54) is 44.6 Å². The van der Waals surface area contributed by atoms with Crippen LogP contribution in [0, 0.1) is 0 Å². The quantitative estimate of drug-likeness (QED) is 0.544. The van der Waals surface area contributed by atoms with Crippen LogP contribution in [0.15, 0.2) is 77.7 Å². The Morgan fingerprint density at radius 3 is 2.10 bits per heavy atom. The van der Waals surface area contributed by atoms with Gasteiger partial charge in [-0.2, -0.15) is 0 Å². The monoisotopic (exact) mass is 440 g/mol. The highest BCUT2D eigenvalue weighted by molar-refractivity contribution is 7.92. The van der Waals surface area contributed by atoms with Gasteiger partial charge in [-0.25, -0.2) is 13.2 Å². The topological polar surface area (TPSA) is 111 Å². The van der Waals surface area contributed by atoms with E-state index in [1.54, 1.807) is 42.5 Å². The van der Waals surface area contributed by atoms with E-state index in [9.17, 15) is 18.0 Å². The van der Waals surface area contributed by atoms with Crippen molar-refractivity contribution in [2.75, 3.05) is 24.3 Å². The van der Waals surface area contributed by atoms with Crippen molar-refractivity contribution in [2.24, 2.45) is 0 Å². The number of sulfonamides is 1. The lowest BCUT2D eigenvalue weighted by atomic mass is 10.1. The van der Waals surface area contributed by atoms with Crippen LogP contribution in [0.1, 0.15) is 20.7 Å². The Hall–Kier alpha value is -3.85. The zero-order valence-electron chi connectivity index (χ0n) is 16.8. The van der Waals surface area contributed by atoms with Crippen LogP contribution in [0.2, 0.25) is 0 Å². The maximum absolute atomic E-state index is 12.6. The van der Waals surface area contributed by atoms with Gasteiger partial charge in [0.25, 0.3) is 15.9 Å². The van der Waals surface area contributed by atoms with Gasteiger partial charge in [-0.05, 0) is 66.7 Å². The first kappa shape index (κ1) is 21.8. The van der Waals surface area contributed by atoms with Crippen LogP contribution in [-0.4, -0.2) is 34.5 Å². The van der Waals surface area contributed by atoms with E-state index >= 15 is 0 Å². The first-order valence-electron chi connectivity index (χ1n) is 9.09. The lowest BCUT2D eigenvalue weighted by Crippen LogP contribution is -2.15. The third-order valence-electron chi connectivity index (χ3n) is 4.31. The molecule has 160 valence electrons. The number of hydrogen-bond acceptors (Lipinski definition) is 6. The molecule has 0 heterocycles. The van der Waals surface area contributed by atoms with Crippen molar-refractivity contribution >= 4 is 33.3 Å². The number of benzene rings is 3. The molecular formula is C22H20N2O6S. The molecule has 0 unspecified atom stereocenters. The number of ether oxygens (including phenoxy) is 2. The average Bonchev–Trinajstić information content (AvgIpc) is 2.79. The molecule has 0 aliphatic heterocycles. The lowest BCUT2D eigenvalue weighted by molar-refractivity contribution is 0.0600. The first-order valence-corrected chi connectivity index (χ1v) is 10.6. The molecule has 0 saturated heterocycles. The van der Waals surface area contributed by atoms with Gasteiger partial charge in [0.2, 0.25) is 0 Å². The van der Waals surface area contributed by atoms with Gasteiger partial charge in [0.1, 0.15) is 5.75 Å². The van der Waals surface area contributed by atoms with Crippen molar-refractivity contribution in [1.82, 2.24) is 0 Å². The Bertz CT molecular complexity index is 1190. The normalized spacial score (nSPS) is 10.8. The zero-order valence-corrected chi connectivity index (χ0v) is 17.6. The number of esters is 1. The molecule has 0 spiro atoms. The van der Waals surface area contributed by atoms with Gasteiger partial charge in [-0.1, -0.05) is 6.07 Å². The van der Waals surface area contributed by atoms with E-state index in [0.29, 0.717) is 17.0 Å². The number of amides is 1. The molecule has 3 aromatic rings. The maximum Gasteiger partial charge on any atom is 0.337 e. The van der Waals surface area contributed by atoms with Crippen LogP contribution in [0.3, 0.4) is 0 Å². The molecular weight excluding hydrogens is 420 g/mol. The van der Waals surface area contributed by atoms with Gasteiger partial charge in [0, 0.05) is 16.9 Å². The first-order chi connectivity index (χ1) is 14.8. The molecule has 8 nitrogen and oxygen atoms in total. The molecule has 1 amide bonds. The van der Waals surface area contributed by atoms with Gasteiger partial charge >= 0.3 is 5.97 Å². The highest BCUT2D eigenvalue weighted by Gasteiger charge is 2.15. The second kappa shape index (κ2) is 9.31. The van der Waals surface area contributed by atoms with Crippen molar-refractivity contribution in [2.45, 2.75) is 4.90 Å². The fraction of sp³-hybridized carbons (Fsp3) is 0.0909. The fourth-order valence-corrected chi connectivity index (χ4v) is 3.75. The predicted octanol–water partition coefficient (Wildman–Crippen LogP) is 3.53. The number of rotatable bonds is 7. The Morgan fingerprint density at radius 2 is 1.48 bits per heavy atom. The molecule has 0 aliphatic rings. The Morgan fingerprint density at radius 1 is 0.806 bits per heavy atom. The molecule has 3 aromatic carbocycles. The minimum absolute atomic E-state index is 0.0638. The molecule has 2 N–H and O–H groups in total. The summed E-state index contributed by atoms with van der Waals surface area (Å²) in [4.78, 5) is 24.1. The van der Waals surface area contributed by atoms with E-state index in [4.69, 9.17) is 4.74 Å². The summed E-state index contributed by atoms with van der Waals surface area (Å²) in [6.45, 7) is 0. The zero-order chi connectivity index (χ0) is 22.4. The van der Waals surface area contributed by atoms with Crippen molar-refractivity contribution in [1.29, 1.82) is 0 Å². The Labute approximate surface area is 179 Å². The highest BCUT2D eigenvalue weighted by atomic mass is 32.2. The summed E-state index contributed by atoms with van der Waals surface area (Å²) in [5, 5.41) is 2.69. The summed E-state index contributed by atoms with van der Waals surface area (Å²) < 4.78 is 37.3. The number of anilines is 2. The summed E-state index contributed by atoms with van der Waals surface area (Å²) in [5.41, 5.74) is 1.33. The van der Waals surface area contributed by atoms with Crippen molar-refractivity contribution in [3.8, 4) is 5.75 Å². The van der Waals surface area contributed by atoms with Gasteiger partial charge in [-0.15, -0.1) is 0 Å². The van der Waals surface area contributed by atoms with E-state index in [0.717, 1.165) is 0 Å². The third-order valence-corrected chi connectivity index (χ3v) is 5.71. The molecule has 9 heteroatoms. The highest BCUT2D eigenvalue weighted by Crippen LogP contribution is 2.20. The van der Waals surface area contributed by atoms with Crippen LogP contribution in [0.5, 0.6) is 5.75 Å². The van der Waals surface area contributed by atoms with Crippen molar-refractivity contribution in [3.05, 3.63) is 83.9 Å². The van der Waals surface area contributed by atoms with Gasteiger partial charge in [-0.3, -0.25) is 9.52 Å². The maximum atomic E-state index is 12.6. The number of carbonyl (C=O) groups excluding carboxylic acids is 2. The molecule has 0 radical (unpaired) electrons. The molecule has 0 aromatic heterocycles. The SMILES string of the molecule is COC(=O)c1ccc(NC(=O)c2cccc(NS(=O)(=O)c3ccc(OC)cc3)c2)cc1. The smallest absolute Gasteiger partial charge is 0.337 e. The fourth-order valence-electron chi connectivity index (χ4n) is 2.70. The standard InChI is InChI=1S/C22H20N2O6S/c1-29-19-10-12-20(13-11-19)31(27,28)24-18-5-3-4-16(14-18)21(25)23-17-8-6-15(7-9-17)22(26)30-2/h3-14,24H,1-2H3,(H,23,25). The summed E-state index contributed by atoms with van der Waals surface area (Å²) in [5.74, 6) is -0.372. The number of nitrogens with one attached hydrogen (secondary N) is 2. The number of hydrogen-bond donors (Lipinski definition) is 2. The van der Waals surface area contributed by atoms with Gasteiger partial charge in [0.15, 0.2) is 0 Å². The summed E-state index contributed by atoms with van der Waals surface area (Å²) >= 11 is 0. The molecule has 3 rings (SSSR count). The number of methoxy groups -OCH3 is 2. The van der Waals surface area contributed by atoms with Crippen LogP contribution in [0.4, 0.5) is 11.4 Å². The van der Waals surface area contributed by atoms with Crippen molar-refractivity contribution < 1.29 is 27.5 Å². The molecule has 31 heavy (non-hydrogen) atoms. The Kier molecular flexibility index (Phi) is 6.56. The van der Waals surface area contributed by atoms with Crippen molar-refractivity contribution in [3.63, 3.8) is 0 Å². The van der Waals surface area contributed by atoms with Crippen LogP contribution >= 0.6 is 0 Å². The van der Waals surface area contributed by atoms with Crippen LogP contribution < -0.4 is 14.8 Å². The van der Waals surface area contributed by atoms with Gasteiger partial charge in [0.05, 0.1) is 24.7 Å². The molecule has 0 fully saturated rings. The van der Waals surface area contributed by atoms with E-state index in [-0.39, 0.29) is 16.1 Å². The summed E-state index contributed by atoms with van der Waals surface area (Å²) in [6.07, 6.45) is 0. The molecule has 0 atom stereocenters. The molecule has 0 aliphatic carbocycles. The Balaban J connectivity index is 1.73. The van der Waals surface area contributed by atoms with Crippen LogP contribution in [-0.2, 0) is 14.8 Å². The minimum atomic E-state index is -3.84. The summed E-state index contributed by atoms with van der Waals surface area (Å²) in [7, 11) is -1.06. The number of carbonyl (C=O) groups is 2. The third kappa shape index (κ3) is 5.40. The van der Waals surface area contributed by atoms with Gasteiger partial charge < -0.3 is 14.8 Å². The second-order valence-electron chi connectivity index (χ2n) is 6.38. The predicted molar refractivity (Wildman–Crippen MR) is 116 cm³/mol. The molecule has 0 bridgehead atoms. The molecule has 0 saturated carbocycles.